The summed E-state index contributed by atoms with van der Waals surface area (Å²) in [6, 6.07) is 0. The van der Waals surface area contributed by atoms with Crippen molar-refractivity contribution in [3.8, 4) is 0 Å². The van der Waals surface area contributed by atoms with E-state index in [1.54, 1.807) is 18.2 Å². The molecule has 3 fully saturated rings. The second-order valence-corrected chi connectivity index (χ2v) is 11.9. The molecule has 2 saturated heterocycles. The van der Waals surface area contributed by atoms with E-state index in [2.05, 4.69) is 10.2 Å². The fraction of sp³-hybridized carbons (Fsp3) is 0.952. The number of hydrogen-bond donors (Lipinski definition) is 2. The molecule has 2 heterocycles. The maximum absolute atomic E-state index is 12.2. The van der Waals surface area contributed by atoms with Gasteiger partial charge in [0.15, 0.2) is 5.96 Å². The number of ether oxygens (including phenoxy) is 1. The average molecular weight is 429 g/mol. The number of piperidine rings is 2. The molecule has 8 heteroatoms. The van der Waals surface area contributed by atoms with Crippen LogP contribution in [-0.4, -0.2) is 75.3 Å². The lowest BCUT2D eigenvalue weighted by Crippen LogP contribution is -2.44. The first-order valence-corrected chi connectivity index (χ1v) is 12.9. The van der Waals surface area contributed by atoms with Crippen LogP contribution in [0, 0.1) is 29.1 Å². The summed E-state index contributed by atoms with van der Waals surface area (Å²) in [6.07, 6.45) is 6.77. The lowest BCUT2D eigenvalue weighted by atomic mass is 9.90. The van der Waals surface area contributed by atoms with Crippen LogP contribution >= 0.6 is 0 Å². The molecule has 2 atom stereocenters. The van der Waals surface area contributed by atoms with Crippen molar-refractivity contribution in [2.45, 2.75) is 57.6 Å². The van der Waals surface area contributed by atoms with Gasteiger partial charge in [-0.3, -0.25) is 5.41 Å². The van der Waals surface area contributed by atoms with E-state index in [4.69, 9.17) is 10.1 Å². The second-order valence-electron chi connectivity index (χ2n) is 9.38. The molecular formula is C21H40N4O3S. The van der Waals surface area contributed by atoms with Crippen LogP contribution in [0.2, 0.25) is 0 Å². The molecule has 0 radical (unpaired) electrons. The molecule has 3 rings (SSSR count). The summed E-state index contributed by atoms with van der Waals surface area (Å²) < 4.78 is 32.1. The van der Waals surface area contributed by atoms with Crippen molar-refractivity contribution in [1.82, 2.24) is 14.5 Å². The van der Waals surface area contributed by atoms with Crippen LogP contribution in [-0.2, 0) is 14.8 Å². The highest BCUT2D eigenvalue weighted by Gasteiger charge is 2.43. The Balaban J connectivity index is 1.25. The summed E-state index contributed by atoms with van der Waals surface area (Å²) >= 11 is 0. The molecule has 0 aromatic heterocycles. The Morgan fingerprint density at radius 2 is 1.79 bits per heavy atom. The Bertz CT molecular complexity index is 638. The molecule has 168 valence electrons. The first kappa shape index (κ1) is 22.8. The van der Waals surface area contributed by atoms with Crippen molar-refractivity contribution in [2.75, 3.05) is 46.4 Å². The van der Waals surface area contributed by atoms with Gasteiger partial charge in [0, 0.05) is 46.4 Å². The molecule has 2 N–H and O–H groups in total. The van der Waals surface area contributed by atoms with Crippen molar-refractivity contribution >= 4 is 16.0 Å². The topological polar surface area (TPSA) is 85.7 Å². The van der Waals surface area contributed by atoms with Crippen LogP contribution in [0.25, 0.3) is 0 Å². The van der Waals surface area contributed by atoms with E-state index in [1.165, 1.54) is 19.3 Å². The van der Waals surface area contributed by atoms with E-state index >= 15 is 0 Å². The third-order valence-corrected chi connectivity index (χ3v) is 9.47. The number of rotatable bonds is 8. The van der Waals surface area contributed by atoms with E-state index in [0.29, 0.717) is 25.0 Å². The summed E-state index contributed by atoms with van der Waals surface area (Å²) in [7, 11) is -1.28. The van der Waals surface area contributed by atoms with Gasteiger partial charge in [-0.25, -0.2) is 12.7 Å². The fourth-order valence-electron chi connectivity index (χ4n) is 5.00. The van der Waals surface area contributed by atoms with Gasteiger partial charge in [0.1, 0.15) is 0 Å². The van der Waals surface area contributed by atoms with E-state index in [9.17, 15) is 8.42 Å². The zero-order chi connectivity index (χ0) is 21.0. The van der Waals surface area contributed by atoms with E-state index in [1.807, 2.05) is 7.05 Å². The van der Waals surface area contributed by atoms with Crippen molar-refractivity contribution in [3.63, 3.8) is 0 Å². The molecule has 0 spiro atoms. The van der Waals surface area contributed by atoms with E-state index < -0.39 is 10.0 Å². The van der Waals surface area contributed by atoms with Crippen LogP contribution in [0.5, 0.6) is 0 Å². The van der Waals surface area contributed by atoms with Crippen LogP contribution < -0.4 is 5.32 Å². The van der Waals surface area contributed by atoms with Gasteiger partial charge in [0.25, 0.3) is 0 Å². The Labute approximate surface area is 177 Å². The Morgan fingerprint density at radius 3 is 2.38 bits per heavy atom. The van der Waals surface area contributed by atoms with Gasteiger partial charge in [-0.05, 0) is 76.0 Å². The lowest BCUT2D eigenvalue weighted by Gasteiger charge is -2.33. The van der Waals surface area contributed by atoms with Gasteiger partial charge in [-0.2, -0.15) is 0 Å². The molecule has 0 aromatic carbocycles. The summed E-state index contributed by atoms with van der Waals surface area (Å²) in [5, 5.41) is 10.5. The standard InChI is InChI=1S/C21H40N4O3S/c1-16(2)29(26,27)25-11-4-17(5-12-25)15-28-13-8-19-14-20(19)18-6-9-24(10-7-18)21(22)23-3/h16-20H,4-15H2,1-3H3,(H2,22,23)/t19-,20-/m1/s1. The summed E-state index contributed by atoms with van der Waals surface area (Å²) in [6.45, 7) is 8.43. The molecule has 29 heavy (non-hydrogen) atoms. The van der Waals surface area contributed by atoms with Crippen LogP contribution in [0.1, 0.15) is 52.4 Å². The molecule has 0 amide bonds. The smallest absolute Gasteiger partial charge is 0.216 e. The number of nitrogens with zero attached hydrogens (tertiary/aromatic N) is 2. The van der Waals surface area contributed by atoms with Gasteiger partial charge in [-0.1, -0.05) is 0 Å². The number of nitrogens with one attached hydrogen (secondary N) is 2. The summed E-state index contributed by atoms with van der Waals surface area (Å²) in [5.41, 5.74) is 0. The molecule has 0 bridgehead atoms. The maximum atomic E-state index is 12.2. The highest BCUT2D eigenvalue weighted by molar-refractivity contribution is 7.89. The van der Waals surface area contributed by atoms with Crippen molar-refractivity contribution in [1.29, 1.82) is 5.41 Å². The highest BCUT2D eigenvalue weighted by Crippen LogP contribution is 2.49. The number of guanidine groups is 1. The first-order valence-electron chi connectivity index (χ1n) is 11.4. The predicted molar refractivity (Wildman–Crippen MR) is 116 cm³/mol. The largest absolute Gasteiger partial charge is 0.381 e. The Kier molecular flexibility index (Phi) is 7.84. The van der Waals surface area contributed by atoms with Crippen LogP contribution in [0.4, 0.5) is 0 Å². The Hall–Kier alpha value is -0.860. The molecule has 1 saturated carbocycles. The minimum absolute atomic E-state index is 0.329. The number of sulfonamides is 1. The highest BCUT2D eigenvalue weighted by atomic mass is 32.2. The normalized spacial score (nSPS) is 27.4. The third kappa shape index (κ3) is 5.85. The van der Waals surface area contributed by atoms with Crippen molar-refractivity contribution in [3.05, 3.63) is 0 Å². The molecule has 7 nitrogen and oxygen atoms in total. The molecular weight excluding hydrogens is 388 g/mol. The van der Waals surface area contributed by atoms with Gasteiger partial charge in [0.05, 0.1) is 5.25 Å². The quantitative estimate of drug-likeness (QED) is 0.352. The zero-order valence-corrected chi connectivity index (χ0v) is 19.2. The number of likely N-dealkylation sites (tertiary alicyclic amines) is 1. The maximum Gasteiger partial charge on any atom is 0.216 e. The predicted octanol–water partition coefficient (Wildman–Crippen LogP) is 2.35. The first-order chi connectivity index (χ1) is 13.8. The minimum Gasteiger partial charge on any atom is -0.381 e. The van der Waals surface area contributed by atoms with Crippen molar-refractivity contribution in [2.24, 2.45) is 23.7 Å². The van der Waals surface area contributed by atoms with Gasteiger partial charge >= 0.3 is 0 Å². The average Bonchev–Trinajstić information content (AvgIpc) is 3.50. The van der Waals surface area contributed by atoms with Crippen molar-refractivity contribution < 1.29 is 13.2 Å². The lowest BCUT2D eigenvalue weighted by molar-refractivity contribution is 0.0742. The van der Waals surface area contributed by atoms with Crippen LogP contribution in [0.15, 0.2) is 0 Å². The van der Waals surface area contributed by atoms with Gasteiger partial charge < -0.3 is 15.0 Å². The monoisotopic (exact) mass is 428 g/mol. The van der Waals surface area contributed by atoms with Gasteiger partial charge in [-0.15, -0.1) is 0 Å². The molecule has 3 aliphatic rings. The Morgan fingerprint density at radius 1 is 1.14 bits per heavy atom. The van der Waals surface area contributed by atoms with E-state index in [-0.39, 0.29) is 5.25 Å². The fourth-order valence-corrected chi connectivity index (χ4v) is 6.32. The molecule has 0 aromatic rings. The summed E-state index contributed by atoms with van der Waals surface area (Å²) in [4.78, 5) is 2.15. The molecule has 2 aliphatic heterocycles. The third-order valence-electron chi connectivity index (χ3n) is 7.19. The summed E-state index contributed by atoms with van der Waals surface area (Å²) in [5.74, 6) is 3.57. The van der Waals surface area contributed by atoms with E-state index in [0.717, 1.165) is 63.3 Å². The number of hydrogen-bond acceptors (Lipinski definition) is 4. The molecule has 0 unspecified atom stereocenters. The SMILES string of the molecule is CNC(=N)N1CCC([C@H]2C[C@H]2CCOCC2CCN(S(=O)(=O)C(C)C)CC2)CC1. The zero-order valence-electron chi connectivity index (χ0n) is 18.4. The van der Waals surface area contributed by atoms with Crippen LogP contribution in [0.3, 0.4) is 0 Å². The molecule has 1 aliphatic carbocycles. The minimum atomic E-state index is -3.10. The van der Waals surface area contributed by atoms with Gasteiger partial charge in [0.2, 0.25) is 10.0 Å². The second kappa shape index (κ2) is 9.96.